The maximum absolute atomic E-state index is 12.3. The van der Waals surface area contributed by atoms with Crippen LogP contribution >= 0.6 is 0 Å². The molecule has 1 amide bonds. The van der Waals surface area contributed by atoms with Gasteiger partial charge in [-0.15, -0.1) is 0 Å². The van der Waals surface area contributed by atoms with Gasteiger partial charge < -0.3 is 25.5 Å². The molecule has 1 saturated carbocycles. The van der Waals surface area contributed by atoms with Crippen LogP contribution in [0.15, 0.2) is 30.5 Å². The van der Waals surface area contributed by atoms with Crippen molar-refractivity contribution in [2.45, 2.75) is 83.6 Å². The van der Waals surface area contributed by atoms with Crippen molar-refractivity contribution in [2.75, 3.05) is 22.2 Å². The molecule has 8 heteroatoms. The number of aromatic nitrogens is 2. The predicted octanol–water partition coefficient (Wildman–Crippen LogP) is 4.04. The Morgan fingerprint density at radius 2 is 1.91 bits per heavy atom. The summed E-state index contributed by atoms with van der Waals surface area (Å²) in [5.41, 5.74) is 2.29. The summed E-state index contributed by atoms with van der Waals surface area (Å²) < 4.78 is 0. The smallest absolute Gasteiger partial charge is 0.251 e. The van der Waals surface area contributed by atoms with Crippen LogP contribution in [0, 0.1) is 0 Å². The van der Waals surface area contributed by atoms with E-state index in [-0.39, 0.29) is 18.0 Å². The molecule has 0 spiro atoms. The Bertz CT molecular complexity index is 960. The second kappa shape index (κ2) is 9.95. The minimum Gasteiger partial charge on any atom is -0.371 e. The van der Waals surface area contributed by atoms with E-state index in [1.165, 1.54) is 12.8 Å². The minimum absolute atomic E-state index is 0.00309. The quantitative estimate of drug-likeness (QED) is 0.584. The summed E-state index contributed by atoms with van der Waals surface area (Å²) in [6.07, 6.45) is 7.62. The molecule has 0 saturated heterocycles. The van der Waals surface area contributed by atoms with Crippen molar-refractivity contribution in [1.29, 1.82) is 0 Å². The van der Waals surface area contributed by atoms with Crippen molar-refractivity contribution in [3.63, 3.8) is 0 Å². The zero-order valence-electron chi connectivity index (χ0n) is 20.1. The number of amides is 1. The van der Waals surface area contributed by atoms with Crippen LogP contribution in [0.4, 0.5) is 23.1 Å². The fraction of sp³-hybridized carbons (Fsp3) is 0.560. The molecule has 3 N–H and O–H groups in total. The highest BCUT2D eigenvalue weighted by atomic mass is 16.3. The molecule has 3 atom stereocenters. The first kappa shape index (κ1) is 23.3. The van der Waals surface area contributed by atoms with E-state index < -0.39 is 6.23 Å². The van der Waals surface area contributed by atoms with Gasteiger partial charge in [0.1, 0.15) is 11.9 Å². The van der Waals surface area contributed by atoms with Crippen LogP contribution in [0.1, 0.15) is 69.7 Å². The molecule has 0 radical (unpaired) electrons. The van der Waals surface area contributed by atoms with Crippen molar-refractivity contribution < 1.29 is 9.90 Å². The van der Waals surface area contributed by atoms with Crippen LogP contribution in [-0.2, 0) is 0 Å². The number of aliphatic hydroxyl groups excluding tert-OH is 1. The van der Waals surface area contributed by atoms with Crippen LogP contribution in [-0.4, -0.2) is 52.4 Å². The molecule has 0 bridgehead atoms. The van der Waals surface area contributed by atoms with Gasteiger partial charge in [0.25, 0.3) is 5.91 Å². The van der Waals surface area contributed by atoms with Gasteiger partial charge in [-0.25, -0.2) is 4.98 Å². The molecule has 1 aromatic carbocycles. The van der Waals surface area contributed by atoms with Crippen LogP contribution in [0.5, 0.6) is 0 Å². The van der Waals surface area contributed by atoms with Crippen molar-refractivity contribution in [3.05, 3.63) is 36.0 Å². The molecule has 1 aliphatic carbocycles. The zero-order valence-corrected chi connectivity index (χ0v) is 20.1. The number of carbonyl (C=O) groups excluding carboxylic acids is 1. The maximum Gasteiger partial charge on any atom is 0.251 e. The summed E-state index contributed by atoms with van der Waals surface area (Å²) in [5.74, 6) is 1.32. The summed E-state index contributed by atoms with van der Waals surface area (Å²) in [6, 6.07) is 7.88. The molecule has 178 valence electrons. The second-order valence-corrected chi connectivity index (χ2v) is 9.23. The van der Waals surface area contributed by atoms with Gasteiger partial charge in [0.05, 0.1) is 12.2 Å². The highest BCUT2D eigenvalue weighted by Crippen LogP contribution is 2.41. The van der Waals surface area contributed by atoms with Crippen molar-refractivity contribution in [1.82, 2.24) is 15.3 Å². The molecule has 2 aromatic rings. The average molecular weight is 453 g/mol. The van der Waals surface area contributed by atoms with E-state index in [0.717, 1.165) is 42.9 Å². The summed E-state index contributed by atoms with van der Waals surface area (Å²) >= 11 is 0. The van der Waals surface area contributed by atoms with E-state index >= 15 is 0 Å². The average Bonchev–Trinajstić information content (AvgIpc) is 3.36. The van der Waals surface area contributed by atoms with Gasteiger partial charge in [0.2, 0.25) is 5.95 Å². The number of hydrogen-bond donors (Lipinski definition) is 3. The Labute approximate surface area is 196 Å². The number of aliphatic hydroxyl groups is 1. The first-order valence-corrected chi connectivity index (χ1v) is 12.2. The number of likely N-dealkylation sites (N-methyl/N-ethyl adjacent to an activating group) is 1. The monoisotopic (exact) mass is 452 g/mol. The summed E-state index contributed by atoms with van der Waals surface area (Å²) in [6.45, 7) is 6.16. The first-order valence-electron chi connectivity index (χ1n) is 12.2. The lowest BCUT2D eigenvalue weighted by Gasteiger charge is -2.48. The Balaban J connectivity index is 1.57. The third-order valence-corrected chi connectivity index (χ3v) is 7.00. The number of benzene rings is 1. The number of nitrogens with zero attached hydrogens (tertiary/aromatic N) is 4. The molecule has 3 unspecified atom stereocenters. The standard InChI is InChI=1S/C25H36N6O2/c1-5-16(3)27-23(32)17-11-13-18(14-12-17)28-25-26-15-21-22(29-25)31(19-9-7-8-10-19)20(6-2)24(33)30(21)4/h11-16,19-20,24,33H,5-10H2,1-4H3,(H,27,32)(H,26,28,29). The number of nitrogens with one attached hydrogen (secondary N) is 2. The summed E-state index contributed by atoms with van der Waals surface area (Å²) in [7, 11) is 1.90. The van der Waals surface area contributed by atoms with E-state index in [1.807, 2.05) is 37.9 Å². The Morgan fingerprint density at radius 3 is 2.55 bits per heavy atom. The van der Waals surface area contributed by atoms with Gasteiger partial charge in [-0.3, -0.25) is 4.79 Å². The Morgan fingerprint density at radius 1 is 1.21 bits per heavy atom. The number of anilines is 4. The van der Waals surface area contributed by atoms with E-state index in [0.29, 0.717) is 17.6 Å². The molecule has 2 heterocycles. The molecular weight excluding hydrogens is 416 g/mol. The fourth-order valence-electron chi connectivity index (χ4n) is 4.84. The van der Waals surface area contributed by atoms with Gasteiger partial charge in [0.15, 0.2) is 5.82 Å². The largest absolute Gasteiger partial charge is 0.371 e. The topological polar surface area (TPSA) is 93.6 Å². The molecule has 2 aliphatic rings. The van der Waals surface area contributed by atoms with E-state index in [4.69, 9.17) is 4.98 Å². The second-order valence-electron chi connectivity index (χ2n) is 9.23. The van der Waals surface area contributed by atoms with E-state index in [1.54, 1.807) is 18.3 Å². The summed E-state index contributed by atoms with van der Waals surface area (Å²) in [5, 5.41) is 17.2. The van der Waals surface area contributed by atoms with Crippen molar-refractivity contribution >= 4 is 29.0 Å². The van der Waals surface area contributed by atoms with Gasteiger partial charge in [-0.1, -0.05) is 26.7 Å². The van der Waals surface area contributed by atoms with Crippen LogP contribution in [0.2, 0.25) is 0 Å². The number of rotatable bonds is 7. The Hall–Kier alpha value is -2.87. The number of hydrogen-bond acceptors (Lipinski definition) is 7. The van der Waals surface area contributed by atoms with Gasteiger partial charge in [0, 0.05) is 30.4 Å². The highest BCUT2D eigenvalue weighted by Gasteiger charge is 2.41. The lowest BCUT2D eigenvalue weighted by atomic mass is 10.0. The molecule has 1 fully saturated rings. The molecule has 4 rings (SSSR count). The van der Waals surface area contributed by atoms with Crippen LogP contribution in [0.25, 0.3) is 0 Å². The van der Waals surface area contributed by atoms with Crippen molar-refractivity contribution in [2.24, 2.45) is 0 Å². The predicted molar refractivity (Wildman–Crippen MR) is 132 cm³/mol. The van der Waals surface area contributed by atoms with Gasteiger partial charge in [-0.05, 0) is 56.9 Å². The third-order valence-electron chi connectivity index (χ3n) is 7.00. The van der Waals surface area contributed by atoms with Gasteiger partial charge in [-0.2, -0.15) is 4.98 Å². The molecule has 8 nitrogen and oxygen atoms in total. The SMILES string of the molecule is CCC(C)NC(=O)c1ccc(Nc2ncc3c(n2)N(C2CCCC2)C(CC)C(O)N3C)cc1. The highest BCUT2D eigenvalue weighted by molar-refractivity contribution is 5.94. The van der Waals surface area contributed by atoms with E-state index in [2.05, 4.69) is 27.4 Å². The zero-order chi connectivity index (χ0) is 23.5. The first-order chi connectivity index (χ1) is 15.9. The number of fused-ring (bicyclic) bond motifs is 1. The molecule has 1 aliphatic heterocycles. The van der Waals surface area contributed by atoms with E-state index in [9.17, 15) is 9.90 Å². The third kappa shape index (κ3) is 4.76. The maximum atomic E-state index is 12.3. The lowest BCUT2D eigenvalue weighted by molar-refractivity contribution is 0.0939. The minimum atomic E-state index is -0.584. The van der Waals surface area contributed by atoms with Gasteiger partial charge >= 0.3 is 0 Å². The Kier molecular flexibility index (Phi) is 7.02. The molecule has 33 heavy (non-hydrogen) atoms. The molecule has 1 aromatic heterocycles. The van der Waals surface area contributed by atoms with Crippen molar-refractivity contribution in [3.8, 4) is 0 Å². The molecular formula is C25H36N6O2. The lowest BCUT2D eigenvalue weighted by Crippen LogP contribution is -2.58. The number of carbonyl (C=O) groups is 1. The fourth-order valence-corrected chi connectivity index (χ4v) is 4.84. The van der Waals surface area contributed by atoms with Crippen LogP contribution < -0.4 is 20.4 Å². The summed E-state index contributed by atoms with van der Waals surface area (Å²) in [4.78, 5) is 26.0. The van der Waals surface area contributed by atoms with Crippen LogP contribution in [0.3, 0.4) is 0 Å². The normalized spacial score (nSPS) is 21.6.